The first-order valence-corrected chi connectivity index (χ1v) is 6.84. The summed E-state index contributed by atoms with van der Waals surface area (Å²) >= 11 is 5.96. The summed E-state index contributed by atoms with van der Waals surface area (Å²) in [6, 6.07) is 5.36. The summed E-state index contributed by atoms with van der Waals surface area (Å²) in [7, 11) is 1.69. The lowest BCUT2D eigenvalue weighted by Crippen LogP contribution is -2.44. The van der Waals surface area contributed by atoms with Crippen molar-refractivity contribution in [3.63, 3.8) is 0 Å². The van der Waals surface area contributed by atoms with E-state index in [1.54, 1.807) is 19.2 Å². The van der Waals surface area contributed by atoms with E-state index in [1.165, 1.54) is 0 Å². The van der Waals surface area contributed by atoms with Gasteiger partial charge in [0.1, 0.15) is 11.4 Å². The number of aliphatic hydroxyl groups excluding tert-OH is 1. The van der Waals surface area contributed by atoms with Crippen LogP contribution in [0.1, 0.15) is 45.3 Å². The summed E-state index contributed by atoms with van der Waals surface area (Å²) in [5.41, 5.74) is 0.0261. The maximum Gasteiger partial charge on any atom is 0.126 e. The van der Waals surface area contributed by atoms with Crippen LogP contribution in [-0.2, 0) is 4.74 Å². The monoisotopic (exact) mass is 284 g/mol. The summed E-state index contributed by atoms with van der Waals surface area (Å²) in [4.78, 5) is 0. The van der Waals surface area contributed by atoms with Gasteiger partial charge in [0.2, 0.25) is 0 Å². The van der Waals surface area contributed by atoms with Gasteiger partial charge in [-0.25, -0.2) is 0 Å². The fourth-order valence-corrected chi connectivity index (χ4v) is 2.96. The van der Waals surface area contributed by atoms with E-state index in [0.717, 1.165) is 5.56 Å². The molecule has 3 nitrogen and oxygen atoms in total. The number of benzene rings is 1. The largest absolute Gasteiger partial charge is 0.487 e. The highest BCUT2D eigenvalue weighted by Crippen LogP contribution is 2.43. The quantitative estimate of drug-likeness (QED) is 0.919. The van der Waals surface area contributed by atoms with Crippen molar-refractivity contribution in [3.8, 4) is 5.75 Å². The number of rotatable bonds is 3. The molecule has 4 heteroatoms. The molecular weight excluding hydrogens is 264 g/mol. The van der Waals surface area contributed by atoms with Gasteiger partial charge in [-0.15, -0.1) is 0 Å². The van der Waals surface area contributed by atoms with Crippen molar-refractivity contribution in [2.45, 2.75) is 50.9 Å². The zero-order valence-corrected chi connectivity index (χ0v) is 12.6. The van der Waals surface area contributed by atoms with Crippen molar-refractivity contribution < 1.29 is 14.6 Å². The molecule has 1 N–H and O–H groups in total. The van der Waals surface area contributed by atoms with E-state index >= 15 is 0 Å². The Hall–Kier alpha value is -0.770. The lowest BCUT2D eigenvalue weighted by Gasteiger charge is -2.42. The van der Waals surface area contributed by atoms with Gasteiger partial charge in [-0.3, -0.25) is 0 Å². The van der Waals surface area contributed by atoms with E-state index in [1.807, 2.05) is 26.8 Å². The molecule has 0 bridgehead atoms. The Bertz CT molecular complexity index is 472. The van der Waals surface area contributed by atoms with Crippen molar-refractivity contribution in [2.24, 2.45) is 0 Å². The Labute approximate surface area is 119 Å². The minimum Gasteiger partial charge on any atom is -0.487 e. The van der Waals surface area contributed by atoms with Gasteiger partial charge in [0.05, 0.1) is 11.7 Å². The Morgan fingerprint density at radius 3 is 2.84 bits per heavy atom. The number of hydrogen-bond donors (Lipinski definition) is 1. The van der Waals surface area contributed by atoms with Gasteiger partial charge < -0.3 is 14.6 Å². The molecule has 0 saturated carbocycles. The summed E-state index contributed by atoms with van der Waals surface area (Å²) in [5, 5.41) is 10.9. The molecule has 0 saturated heterocycles. The van der Waals surface area contributed by atoms with Crippen LogP contribution in [-0.4, -0.2) is 23.4 Å². The molecule has 106 valence electrons. The number of halogens is 1. The fourth-order valence-electron chi connectivity index (χ4n) is 2.78. The van der Waals surface area contributed by atoms with Crippen molar-refractivity contribution >= 4 is 11.6 Å². The summed E-state index contributed by atoms with van der Waals surface area (Å²) in [6.07, 6.45) is 0.683. The van der Waals surface area contributed by atoms with Gasteiger partial charge in [-0.05, 0) is 39.0 Å². The summed E-state index contributed by atoms with van der Waals surface area (Å²) < 4.78 is 11.5. The molecule has 19 heavy (non-hydrogen) atoms. The zero-order chi connectivity index (χ0) is 14.3. The maximum atomic E-state index is 10.3. The lowest BCUT2D eigenvalue weighted by atomic mass is 9.82. The van der Waals surface area contributed by atoms with Gasteiger partial charge in [0.25, 0.3) is 0 Å². The molecule has 0 fully saturated rings. The molecule has 1 unspecified atom stereocenters. The first-order valence-electron chi connectivity index (χ1n) is 6.46. The molecule has 2 rings (SSSR count). The maximum absolute atomic E-state index is 10.3. The Kier molecular flexibility index (Phi) is 3.83. The van der Waals surface area contributed by atoms with Crippen LogP contribution in [0.4, 0.5) is 0 Å². The average molecular weight is 285 g/mol. The number of ether oxygens (including phenoxy) is 2. The number of hydrogen-bond acceptors (Lipinski definition) is 3. The second-order valence-electron chi connectivity index (χ2n) is 6.09. The van der Waals surface area contributed by atoms with Crippen molar-refractivity contribution in [1.29, 1.82) is 0 Å². The van der Waals surface area contributed by atoms with Crippen molar-refractivity contribution in [2.75, 3.05) is 7.11 Å². The molecule has 1 aromatic carbocycles. The topological polar surface area (TPSA) is 38.7 Å². The summed E-state index contributed by atoms with van der Waals surface area (Å²) in [6.45, 7) is 6.05. The van der Waals surface area contributed by atoms with Crippen molar-refractivity contribution in [3.05, 3.63) is 28.8 Å². The molecular formula is C15H21ClO3. The normalized spacial score (nSPS) is 26.7. The standard InChI is InChI=1S/C15H21ClO3/c1-14(2,18-4)9-15(3)8-12(17)11-7-10(16)5-6-13(11)19-15/h5-7,12,17H,8-9H2,1-4H3/t12-,15?/m0/s1. The van der Waals surface area contributed by atoms with E-state index in [0.29, 0.717) is 23.6 Å². The molecule has 1 aliphatic heterocycles. The second kappa shape index (κ2) is 4.97. The smallest absolute Gasteiger partial charge is 0.126 e. The fraction of sp³-hybridized carbons (Fsp3) is 0.600. The molecule has 0 amide bonds. The Morgan fingerprint density at radius 1 is 1.53 bits per heavy atom. The minimum absolute atomic E-state index is 0.293. The molecule has 1 aliphatic rings. The minimum atomic E-state index is -0.555. The molecule has 2 atom stereocenters. The number of methoxy groups -OCH3 is 1. The lowest BCUT2D eigenvalue weighted by molar-refractivity contribution is -0.0746. The van der Waals surface area contributed by atoms with E-state index in [-0.39, 0.29) is 5.60 Å². The van der Waals surface area contributed by atoms with Crippen LogP contribution in [0.3, 0.4) is 0 Å². The summed E-state index contributed by atoms with van der Waals surface area (Å²) in [5.74, 6) is 0.706. The van der Waals surface area contributed by atoms with Gasteiger partial charge in [0, 0.05) is 30.5 Å². The molecule has 0 spiro atoms. The molecule has 0 aliphatic carbocycles. The third-order valence-electron chi connectivity index (χ3n) is 3.66. The van der Waals surface area contributed by atoms with Gasteiger partial charge in [-0.2, -0.15) is 0 Å². The Morgan fingerprint density at radius 2 is 2.21 bits per heavy atom. The SMILES string of the molecule is COC(C)(C)CC1(C)C[C@H](O)c2cc(Cl)ccc2O1. The van der Waals surface area contributed by atoms with Gasteiger partial charge >= 0.3 is 0 Å². The van der Waals surface area contributed by atoms with E-state index < -0.39 is 11.7 Å². The highest BCUT2D eigenvalue weighted by atomic mass is 35.5. The van der Waals surface area contributed by atoms with E-state index in [2.05, 4.69) is 0 Å². The van der Waals surface area contributed by atoms with Gasteiger partial charge in [0.15, 0.2) is 0 Å². The Balaban J connectivity index is 2.27. The van der Waals surface area contributed by atoms with Crippen LogP contribution in [0.5, 0.6) is 5.75 Å². The highest BCUT2D eigenvalue weighted by molar-refractivity contribution is 6.30. The zero-order valence-electron chi connectivity index (χ0n) is 11.9. The second-order valence-corrected chi connectivity index (χ2v) is 6.53. The van der Waals surface area contributed by atoms with Crippen LogP contribution >= 0.6 is 11.6 Å². The average Bonchev–Trinajstić information content (AvgIpc) is 2.29. The molecule has 0 aromatic heterocycles. The van der Waals surface area contributed by atoms with Crippen LogP contribution in [0.15, 0.2) is 18.2 Å². The predicted octanol–water partition coefficient (Wildman–Crippen LogP) is 3.73. The van der Waals surface area contributed by atoms with E-state index in [4.69, 9.17) is 21.1 Å². The number of fused-ring (bicyclic) bond motifs is 1. The van der Waals surface area contributed by atoms with Gasteiger partial charge in [-0.1, -0.05) is 11.6 Å². The predicted molar refractivity (Wildman–Crippen MR) is 75.8 cm³/mol. The number of aliphatic hydroxyl groups is 1. The highest BCUT2D eigenvalue weighted by Gasteiger charge is 2.40. The van der Waals surface area contributed by atoms with Crippen molar-refractivity contribution in [1.82, 2.24) is 0 Å². The first kappa shape index (κ1) is 14.6. The third-order valence-corrected chi connectivity index (χ3v) is 3.90. The van der Waals surface area contributed by atoms with Crippen LogP contribution in [0, 0.1) is 0 Å². The van der Waals surface area contributed by atoms with E-state index in [9.17, 15) is 5.11 Å². The van der Waals surface area contributed by atoms with Crippen LogP contribution in [0.2, 0.25) is 5.02 Å². The molecule has 1 heterocycles. The van der Waals surface area contributed by atoms with Crippen LogP contribution in [0.25, 0.3) is 0 Å². The first-order chi connectivity index (χ1) is 8.75. The third kappa shape index (κ3) is 3.22. The molecule has 1 aromatic rings. The van der Waals surface area contributed by atoms with Crippen LogP contribution < -0.4 is 4.74 Å². The molecule has 0 radical (unpaired) electrons.